The largest absolute Gasteiger partial charge is 0.497 e. The Bertz CT molecular complexity index is 855. The van der Waals surface area contributed by atoms with Crippen molar-refractivity contribution in [2.75, 3.05) is 18.9 Å². The standard InChI is InChI=1S/C17H23N3O4S/c1-12-10-17(20(18-12)13-6-4-5-7-13)19-25(21,22)16-11-14(23-2)8-9-15(16)24-3/h8-11,13,19H,4-7H2,1-3H3. The van der Waals surface area contributed by atoms with Gasteiger partial charge < -0.3 is 9.47 Å². The minimum absolute atomic E-state index is 0.0335. The lowest BCUT2D eigenvalue weighted by Crippen LogP contribution is -2.19. The van der Waals surface area contributed by atoms with Crippen LogP contribution >= 0.6 is 0 Å². The van der Waals surface area contributed by atoms with E-state index in [-0.39, 0.29) is 16.7 Å². The fraction of sp³-hybridized carbons (Fsp3) is 0.471. The molecule has 7 nitrogen and oxygen atoms in total. The molecule has 0 spiro atoms. The third-order valence-corrected chi connectivity index (χ3v) is 5.80. The van der Waals surface area contributed by atoms with Gasteiger partial charge in [-0.2, -0.15) is 5.10 Å². The molecule has 1 aliphatic carbocycles. The van der Waals surface area contributed by atoms with E-state index in [0.29, 0.717) is 11.6 Å². The van der Waals surface area contributed by atoms with Crippen LogP contribution in [0, 0.1) is 6.92 Å². The van der Waals surface area contributed by atoms with Gasteiger partial charge in [-0.1, -0.05) is 12.8 Å². The van der Waals surface area contributed by atoms with Crippen molar-refractivity contribution >= 4 is 15.8 Å². The van der Waals surface area contributed by atoms with Crippen molar-refractivity contribution in [3.05, 3.63) is 30.0 Å². The minimum Gasteiger partial charge on any atom is -0.497 e. The molecule has 0 atom stereocenters. The average molecular weight is 365 g/mol. The van der Waals surface area contributed by atoms with Gasteiger partial charge in [0.2, 0.25) is 0 Å². The van der Waals surface area contributed by atoms with E-state index in [0.717, 1.165) is 31.4 Å². The van der Waals surface area contributed by atoms with Gasteiger partial charge in [-0.3, -0.25) is 4.72 Å². The summed E-state index contributed by atoms with van der Waals surface area (Å²) in [5, 5.41) is 4.48. The molecule has 0 saturated heterocycles. The Morgan fingerprint density at radius 3 is 2.52 bits per heavy atom. The Kier molecular flexibility index (Phi) is 4.89. The maximum absolute atomic E-state index is 12.9. The number of sulfonamides is 1. The molecule has 0 aliphatic heterocycles. The van der Waals surface area contributed by atoms with Gasteiger partial charge >= 0.3 is 0 Å². The molecular weight excluding hydrogens is 342 g/mol. The second-order valence-electron chi connectivity index (χ2n) is 6.18. The predicted molar refractivity (Wildman–Crippen MR) is 94.8 cm³/mol. The highest BCUT2D eigenvalue weighted by atomic mass is 32.2. The smallest absolute Gasteiger partial charge is 0.266 e. The summed E-state index contributed by atoms with van der Waals surface area (Å²) in [4.78, 5) is 0.0335. The molecule has 1 saturated carbocycles. The lowest BCUT2D eigenvalue weighted by molar-refractivity contribution is 0.392. The molecule has 3 rings (SSSR count). The molecule has 136 valence electrons. The summed E-state index contributed by atoms with van der Waals surface area (Å²) in [5.41, 5.74) is 0.780. The second kappa shape index (κ2) is 6.95. The molecule has 1 heterocycles. The van der Waals surface area contributed by atoms with Gasteiger partial charge in [0, 0.05) is 12.1 Å². The Morgan fingerprint density at radius 1 is 1.16 bits per heavy atom. The Morgan fingerprint density at radius 2 is 1.88 bits per heavy atom. The molecule has 0 radical (unpaired) electrons. The Balaban J connectivity index is 1.97. The van der Waals surface area contributed by atoms with Crippen molar-refractivity contribution in [1.29, 1.82) is 0 Å². The van der Waals surface area contributed by atoms with Crippen molar-refractivity contribution in [2.24, 2.45) is 0 Å². The molecule has 1 N–H and O–H groups in total. The first-order valence-electron chi connectivity index (χ1n) is 8.25. The van der Waals surface area contributed by atoms with Gasteiger partial charge in [-0.05, 0) is 31.9 Å². The quantitative estimate of drug-likeness (QED) is 0.850. The highest BCUT2D eigenvalue weighted by molar-refractivity contribution is 7.92. The summed E-state index contributed by atoms with van der Waals surface area (Å²) in [5.74, 6) is 1.19. The van der Waals surface area contributed by atoms with Crippen LogP contribution in [0.25, 0.3) is 0 Å². The number of aromatic nitrogens is 2. The fourth-order valence-electron chi connectivity index (χ4n) is 3.21. The van der Waals surface area contributed by atoms with E-state index in [1.54, 1.807) is 22.9 Å². The number of ether oxygens (including phenoxy) is 2. The summed E-state index contributed by atoms with van der Waals surface area (Å²) in [6, 6.07) is 6.67. The summed E-state index contributed by atoms with van der Waals surface area (Å²) in [7, 11) is -0.915. The third-order valence-electron chi connectivity index (χ3n) is 4.43. The molecular formula is C17H23N3O4S. The molecule has 0 unspecified atom stereocenters. The van der Waals surface area contributed by atoms with E-state index in [9.17, 15) is 8.42 Å². The minimum atomic E-state index is -3.84. The van der Waals surface area contributed by atoms with E-state index in [2.05, 4.69) is 9.82 Å². The number of aryl methyl sites for hydroxylation is 1. The molecule has 25 heavy (non-hydrogen) atoms. The van der Waals surface area contributed by atoms with Crippen LogP contribution in [0.3, 0.4) is 0 Å². The molecule has 2 aromatic rings. The van der Waals surface area contributed by atoms with E-state index in [1.807, 2.05) is 6.92 Å². The van der Waals surface area contributed by atoms with Gasteiger partial charge in [0.25, 0.3) is 10.0 Å². The zero-order chi connectivity index (χ0) is 18.0. The van der Waals surface area contributed by atoms with Crippen LogP contribution in [0.5, 0.6) is 11.5 Å². The Labute approximate surface area is 148 Å². The first-order valence-corrected chi connectivity index (χ1v) is 9.74. The third kappa shape index (κ3) is 3.58. The summed E-state index contributed by atoms with van der Waals surface area (Å²) >= 11 is 0. The molecule has 1 fully saturated rings. The first kappa shape index (κ1) is 17.6. The SMILES string of the molecule is COc1ccc(OC)c(S(=O)(=O)Nc2cc(C)nn2C2CCCC2)c1. The normalized spacial score (nSPS) is 15.3. The number of methoxy groups -OCH3 is 2. The van der Waals surface area contributed by atoms with Crippen LogP contribution in [0.15, 0.2) is 29.2 Å². The molecule has 1 aromatic carbocycles. The van der Waals surface area contributed by atoms with Crippen LogP contribution in [0.4, 0.5) is 5.82 Å². The molecule has 8 heteroatoms. The van der Waals surface area contributed by atoms with Crippen molar-refractivity contribution in [2.45, 2.75) is 43.5 Å². The van der Waals surface area contributed by atoms with Crippen molar-refractivity contribution in [3.63, 3.8) is 0 Å². The zero-order valence-corrected chi connectivity index (χ0v) is 15.5. The zero-order valence-electron chi connectivity index (χ0n) is 14.7. The summed E-state index contributed by atoms with van der Waals surface area (Å²) in [6.07, 6.45) is 4.30. The summed E-state index contributed by atoms with van der Waals surface area (Å²) in [6.45, 7) is 1.86. The number of nitrogens with one attached hydrogen (secondary N) is 1. The van der Waals surface area contributed by atoms with Gasteiger partial charge in [0.1, 0.15) is 22.2 Å². The van der Waals surface area contributed by atoms with E-state index in [4.69, 9.17) is 9.47 Å². The van der Waals surface area contributed by atoms with Crippen LogP contribution in [0.1, 0.15) is 37.4 Å². The summed E-state index contributed by atoms with van der Waals surface area (Å²) < 4.78 is 40.7. The maximum atomic E-state index is 12.9. The lowest BCUT2D eigenvalue weighted by Gasteiger charge is -2.16. The predicted octanol–water partition coefficient (Wildman–Crippen LogP) is 3.12. The number of hydrogen-bond acceptors (Lipinski definition) is 5. The number of hydrogen-bond donors (Lipinski definition) is 1. The first-order chi connectivity index (χ1) is 11.9. The van der Waals surface area contributed by atoms with Gasteiger partial charge in [0.15, 0.2) is 0 Å². The van der Waals surface area contributed by atoms with Gasteiger partial charge in [-0.15, -0.1) is 0 Å². The van der Waals surface area contributed by atoms with Crippen LogP contribution in [-0.2, 0) is 10.0 Å². The van der Waals surface area contributed by atoms with Crippen LogP contribution in [0.2, 0.25) is 0 Å². The molecule has 0 bridgehead atoms. The second-order valence-corrected chi connectivity index (χ2v) is 7.83. The van der Waals surface area contributed by atoms with Crippen molar-refractivity contribution in [1.82, 2.24) is 9.78 Å². The average Bonchev–Trinajstić information content (AvgIpc) is 3.23. The van der Waals surface area contributed by atoms with Gasteiger partial charge in [0.05, 0.1) is 26.0 Å². The van der Waals surface area contributed by atoms with E-state index >= 15 is 0 Å². The van der Waals surface area contributed by atoms with E-state index < -0.39 is 10.0 Å². The molecule has 0 amide bonds. The van der Waals surface area contributed by atoms with Gasteiger partial charge in [-0.25, -0.2) is 13.1 Å². The highest BCUT2D eigenvalue weighted by Crippen LogP contribution is 2.34. The fourth-order valence-corrected chi connectivity index (χ4v) is 4.43. The molecule has 1 aliphatic rings. The number of benzene rings is 1. The van der Waals surface area contributed by atoms with Crippen LogP contribution in [-0.4, -0.2) is 32.4 Å². The van der Waals surface area contributed by atoms with Crippen LogP contribution < -0.4 is 14.2 Å². The topological polar surface area (TPSA) is 82.4 Å². The lowest BCUT2D eigenvalue weighted by atomic mass is 10.2. The molecule has 1 aromatic heterocycles. The number of nitrogens with zero attached hydrogens (tertiary/aromatic N) is 2. The maximum Gasteiger partial charge on any atom is 0.266 e. The number of rotatable bonds is 6. The van der Waals surface area contributed by atoms with Crippen molar-refractivity contribution in [3.8, 4) is 11.5 Å². The highest BCUT2D eigenvalue weighted by Gasteiger charge is 2.26. The number of anilines is 1. The Hall–Kier alpha value is -2.22. The van der Waals surface area contributed by atoms with Crippen molar-refractivity contribution < 1.29 is 17.9 Å². The monoisotopic (exact) mass is 365 g/mol. The van der Waals surface area contributed by atoms with E-state index in [1.165, 1.54) is 20.3 Å².